The van der Waals surface area contributed by atoms with Gasteiger partial charge in [0.25, 0.3) is 0 Å². The molecular weight excluding hydrogens is 214 g/mol. The zero-order valence-electron chi connectivity index (χ0n) is 10.2. The van der Waals surface area contributed by atoms with Crippen LogP contribution >= 0.6 is 0 Å². The van der Waals surface area contributed by atoms with Gasteiger partial charge in [-0.05, 0) is 31.5 Å². The Morgan fingerprint density at radius 2 is 2.24 bits per heavy atom. The summed E-state index contributed by atoms with van der Waals surface area (Å²) in [5.41, 5.74) is 0.740. The molecule has 3 heteroatoms. The largest absolute Gasteiger partial charge is 0.497 e. The van der Waals surface area contributed by atoms with E-state index in [0.717, 1.165) is 30.7 Å². The number of benzene rings is 1. The first-order valence-electron chi connectivity index (χ1n) is 6.23. The molecule has 0 spiro atoms. The molecule has 17 heavy (non-hydrogen) atoms. The van der Waals surface area contributed by atoms with Gasteiger partial charge >= 0.3 is 0 Å². The molecular formula is C14H19NO2. The summed E-state index contributed by atoms with van der Waals surface area (Å²) in [7, 11) is 1.62. The summed E-state index contributed by atoms with van der Waals surface area (Å²) in [6, 6.07) is 7.37. The Morgan fingerprint density at radius 3 is 3.06 bits per heavy atom. The molecule has 1 saturated heterocycles. The van der Waals surface area contributed by atoms with Gasteiger partial charge < -0.3 is 10.1 Å². The summed E-state index contributed by atoms with van der Waals surface area (Å²) in [5.74, 6) is 0.926. The van der Waals surface area contributed by atoms with Crippen molar-refractivity contribution in [3.63, 3.8) is 0 Å². The first-order chi connectivity index (χ1) is 8.31. The number of ketones is 1. The zero-order valence-corrected chi connectivity index (χ0v) is 10.2. The predicted molar refractivity (Wildman–Crippen MR) is 67.6 cm³/mol. The van der Waals surface area contributed by atoms with Crippen LogP contribution < -0.4 is 10.1 Å². The molecule has 1 heterocycles. The van der Waals surface area contributed by atoms with Crippen molar-refractivity contribution in [1.82, 2.24) is 5.32 Å². The van der Waals surface area contributed by atoms with Crippen molar-refractivity contribution in [3.05, 3.63) is 29.8 Å². The van der Waals surface area contributed by atoms with Crippen LogP contribution in [-0.2, 0) is 0 Å². The number of nitrogens with one attached hydrogen (secondary N) is 1. The first-order valence-corrected chi connectivity index (χ1v) is 6.23. The van der Waals surface area contributed by atoms with E-state index in [-0.39, 0.29) is 11.8 Å². The number of hydrogen-bond acceptors (Lipinski definition) is 3. The number of hydrogen-bond donors (Lipinski definition) is 1. The second kappa shape index (κ2) is 5.82. The molecule has 0 aliphatic carbocycles. The zero-order chi connectivity index (χ0) is 12.1. The van der Waals surface area contributed by atoms with Crippen molar-refractivity contribution in [2.45, 2.75) is 31.7 Å². The number of Topliss-reactive ketones (excluding diaryl/α,β-unsaturated/α-hetero) is 1. The van der Waals surface area contributed by atoms with Crippen LogP contribution in [0.1, 0.15) is 36.0 Å². The van der Waals surface area contributed by atoms with Gasteiger partial charge in [0.1, 0.15) is 5.75 Å². The van der Waals surface area contributed by atoms with Crippen molar-refractivity contribution in [3.8, 4) is 5.75 Å². The van der Waals surface area contributed by atoms with E-state index in [1.807, 2.05) is 24.3 Å². The Hall–Kier alpha value is -1.35. The average molecular weight is 233 g/mol. The maximum Gasteiger partial charge on any atom is 0.179 e. The lowest BCUT2D eigenvalue weighted by Gasteiger charge is -2.14. The molecule has 0 radical (unpaired) electrons. The van der Waals surface area contributed by atoms with E-state index in [1.54, 1.807) is 7.11 Å². The van der Waals surface area contributed by atoms with Gasteiger partial charge in [-0.2, -0.15) is 0 Å². The third kappa shape index (κ3) is 3.07. The Morgan fingerprint density at radius 1 is 1.35 bits per heavy atom. The topological polar surface area (TPSA) is 38.3 Å². The van der Waals surface area contributed by atoms with Crippen LogP contribution in [0.4, 0.5) is 0 Å². The smallest absolute Gasteiger partial charge is 0.179 e. The lowest BCUT2D eigenvalue weighted by molar-refractivity contribution is 0.0940. The maximum atomic E-state index is 12.3. The molecule has 0 aromatic heterocycles. The molecule has 2 rings (SSSR count). The van der Waals surface area contributed by atoms with Gasteiger partial charge in [0.15, 0.2) is 5.78 Å². The van der Waals surface area contributed by atoms with Crippen molar-refractivity contribution >= 4 is 5.78 Å². The van der Waals surface area contributed by atoms with E-state index in [1.165, 1.54) is 12.8 Å². The fraction of sp³-hybridized carbons (Fsp3) is 0.500. The van der Waals surface area contributed by atoms with E-state index in [0.29, 0.717) is 0 Å². The molecule has 0 amide bonds. The molecule has 0 saturated carbocycles. The van der Waals surface area contributed by atoms with Crippen LogP contribution in [0.25, 0.3) is 0 Å². The Balaban J connectivity index is 2.11. The van der Waals surface area contributed by atoms with Gasteiger partial charge in [-0.1, -0.05) is 25.0 Å². The SMILES string of the molecule is COc1cccc(C(=O)C2CCCCCN2)c1. The molecule has 1 fully saturated rings. The number of ether oxygens (including phenoxy) is 1. The van der Waals surface area contributed by atoms with Crippen molar-refractivity contribution < 1.29 is 9.53 Å². The molecule has 1 aromatic rings. The van der Waals surface area contributed by atoms with E-state index in [9.17, 15) is 4.79 Å². The highest BCUT2D eigenvalue weighted by molar-refractivity contribution is 6.00. The molecule has 0 bridgehead atoms. The summed E-state index contributed by atoms with van der Waals surface area (Å²) in [4.78, 5) is 12.3. The van der Waals surface area contributed by atoms with Crippen LogP contribution in [0.3, 0.4) is 0 Å². The van der Waals surface area contributed by atoms with E-state index in [2.05, 4.69) is 5.32 Å². The van der Waals surface area contributed by atoms with Crippen LogP contribution in [-0.4, -0.2) is 25.5 Å². The van der Waals surface area contributed by atoms with E-state index in [4.69, 9.17) is 4.74 Å². The number of carbonyl (C=O) groups is 1. The van der Waals surface area contributed by atoms with E-state index >= 15 is 0 Å². The Bertz CT molecular complexity index is 382. The lowest BCUT2D eigenvalue weighted by Crippen LogP contribution is -2.36. The van der Waals surface area contributed by atoms with Crippen LogP contribution in [0.15, 0.2) is 24.3 Å². The van der Waals surface area contributed by atoms with Gasteiger partial charge in [-0.25, -0.2) is 0 Å². The standard InChI is InChI=1S/C14H19NO2/c1-17-12-7-5-6-11(10-12)14(16)13-8-3-2-4-9-15-13/h5-7,10,13,15H,2-4,8-9H2,1H3. The summed E-state index contributed by atoms with van der Waals surface area (Å²) in [5, 5.41) is 3.33. The Labute approximate surface area is 102 Å². The molecule has 1 unspecified atom stereocenters. The van der Waals surface area contributed by atoms with Crippen LogP contribution in [0.2, 0.25) is 0 Å². The van der Waals surface area contributed by atoms with Gasteiger partial charge in [0.05, 0.1) is 13.2 Å². The summed E-state index contributed by atoms with van der Waals surface area (Å²) >= 11 is 0. The van der Waals surface area contributed by atoms with Gasteiger partial charge in [0.2, 0.25) is 0 Å². The van der Waals surface area contributed by atoms with Crippen LogP contribution in [0.5, 0.6) is 5.75 Å². The highest BCUT2D eigenvalue weighted by Gasteiger charge is 2.20. The second-order valence-electron chi connectivity index (χ2n) is 4.45. The molecule has 1 aliphatic rings. The third-order valence-electron chi connectivity index (χ3n) is 3.23. The van der Waals surface area contributed by atoms with Crippen LogP contribution in [0, 0.1) is 0 Å². The highest BCUT2D eigenvalue weighted by Crippen LogP contribution is 2.17. The van der Waals surface area contributed by atoms with Crippen molar-refractivity contribution in [1.29, 1.82) is 0 Å². The van der Waals surface area contributed by atoms with Crippen molar-refractivity contribution in [2.24, 2.45) is 0 Å². The number of methoxy groups -OCH3 is 1. The minimum Gasteiger partial charge on any atom is -0.497 e. The third-order valence-corrected chi connectivity index (χ3v) is 3.23. The highest BCUT2D eigenvalue weighted by atomic mass is 16.5. The summed E-state index contributed by atoms with van der Waals surface area (Å²) in [6.07, 6.45) is 4.46. The number of carbonyl (C=O) groups excluding carboxylic acids is 1. The monoisotopic (exact) mass is 233 g/mol. The van der Waals surface area contributed by atoms with Gasteiger partial charge in [0, 0.05) is 5.56 Å². The average Bonchev–Trinajstić information content (AvgIpc) is 2.67. The molecule has 1 aliphatic heterocycles. The first kappa shape index (κ1) is 12.1. The lowest BCUT2D eigenvalue weighted by atomic mass is 10.0. The fourth-order valence-corrected chi connectivity index (χ4v) is 2.23. The number of rotatable bonds is 3. The quantitative estimate of drug-likeness (QED) is 0.815. The van der Waals surface area contributed by atoms with Crippen molar-refractivity contribution in [2.75, 3.05) is 13.7 Å². The molecule has 1 N–H and O–H groups in total. The predicted octanol–water partition coefficient (Wildman–Crippen LogP) is 2.41. The summed E-state index contributed by atoms with van der Waals surface area (Å²) < 4.78 is 5.14. The van der Waals surface area contributed by atoms with Gasteiger partial charge in [-0.15, -0.1) is 0 Å². The maximum absolute atomic E-state index is 12.3. The molecule has 1 atom stereocenters. The summed E-state index contributed by atoms with van der Waals surface area (Å²) in [6.45, 7) is 0.945. The van der Waals surface area contributed by atoms with Gasteiger partial charge in [-0.3, -0.25) is 4.79 Å². The molecule has 1 aromatic carbocycles. The van der Waals surface area contributed by atoms with E-state index < -0.39 is 0 Å². The minimum absolute atomic E-state index is 0.0235. The minimum atomic E-state index is -0.0235. The fourth-order valence-electron chi connectivity index (χ4n) is 2.23. The molecule has 3 nitrogen and oxygen atoms in total. The second-order valence-corrected chi connectivity index (χ2v) is 4.45. The normalized spacial score (nSPS) is 20.6. The molecule has 92 valence electrons. The Kier molecular flexibility index (Phi) is 4.15.